The number of nitro groups is 1. The predicted octanol–water partition coefficient (Wildman–Crippen LogP) is 3.49. The largest absolute Gasteiger partial charge is 0.348 e. The molecule has 0 radical (unpaired) electrons. The van der Waals surface area contributed by atoms with Gasteiger partial charge >= 0.3 is 0 Å². The van der Waals surface area contributed by atoms with Crippen LogP contribution in [0, 0.1) is 17.0 Å². The van der Waals surface area contributed by atoms with E-state index in [9.17, 15) is 14.9 Å². The van der Waals surface area contributed by atoms with Gasteiger partial charge in [-0.1, -0.05) is 29.8 Å². The molecular formula is C15H13ClN2O3. The highest BCUT2D eigenvalue weighted by Gasteiger charge is 2.14. The van der Waals surface area contributed by atoms with E-state index in [1.165, 1.54) is 6.07 Å². The molecule has 21 heavy (non-hydrogen) atoms. The van der Waals surface area contributed by atoms with Crippen molar-refractivity contribution in [3.63, 3.8) is 0 Å². The molecule has 0 spiro atoms. The summed E-state index contributed by atoms with van der Waals surface area (Å²) in [4.78, 5) is 22.4. The summed E-state index contributed by atoms with van der Waals surface area (Å²) in [6.07, 6.45) is 0. The van der Waals surface area contributed by atoms with E-state index in [1.807, 2.05) is 0 Å². The van der Waals surface area contributed by atoms with Crippen molar-refractivity contribution in [3.8, 4) is 0 Å². The lowest BCUT2D eigenvalue weighted by atomic mass is 10.1. The summed E-state index contributed by atoms with van der Waals surface area (Å²) in [5, 5.41) is 14.2. The maximum Gasteiger partial charge on any atom is 0.273 e. The second kappa shape index (κ2) is 6.37. The average molecular weight is 305 g/mol. The number of hydrogen-bond acceptors (Lipinski definition) is 3. The maximum atomic E-state index is 12.0. The van der Waals surface area contributed by atoms with Crippen LogP contribution in [0.15, 0.2) is 42.5 Å². The van der Waals surface area contributed by atoms with Crippen LogP contribution in [0.4, 0.5) is 5.69 Å². The Morgan fingerprint density at radius 2 is 1.90 bits per heavy atom. The highest BCUT2D eigenvalue weighted by molar-refractivity contribution is 6.30. The van der Waals surface area contributed by atoms with Gasteiger partial charge in [0.2, 0.25) is 0 Å². The number of halogens is 1. The Bertz CT molecular complexity index is 684. The number of nitro benzene ring substituents is 1. The average Bonchev–Trinajstić information content (AvgIpc) is 2.46. The summed E-state index contributed by atoms with van der Waals surface area (Å²) >= 11 is 5.78. The van der Waals surface area contributed by atoms with E-state index in [4.69, 9.17) is 11.6 Å². The summed E-state index contributed by atoms with van der Waals surface area (Å²) in [6.45, 7) is 1.96. The van der Waals surface area contributed by atoms with Crippen LogP contribution < -0.4 is 5.32 Å². The van der Waals surface area contributed by atoms with Gasteiger partial charge in [-0.25, -0.2) is 0 Å². The molecule has 108 valence electrons. The molecule has 0 aromatic heterocycles. The van der Waals surface area contributed by atoms with Crippen LogP contribution in [0.2, 0.25) is 5.02 Å². The molecule has 1 amide bonds. The van der Waals surface area contributed by atoms with E-state index in [0.29, 0.717) is 17.1 Å². The van der Waals surface area contributed by atoms with Crippen LogP contribution in [0.1, 0.15) is 21.5 Å². The normalized spacial score (nSPS) is 10.2. The molecule has 6 heteroatoms. The SMILES string of the molecule is Cc1ccc(C(=O)NCc2ccc(Cl)cc2)cc1[N+](=O)[O-]. The zero-order valence-corrected chi connectivity index (χ0v) is 12.1. The van der Waals surface area contributed by atoms with Gasteiger partial charge in [0.15, 0.2) is 0 Å². The van der Waals surface area contributed by atoms with Gasteiger partial charge in [-0.3, -0.25) is 14.9 Å². The van der Waals surface area contributed by atoms with Gasteiger partial charge in [-0.15, -0.1) is 0 Å². The molecule has 5 nitrogen and oxygen atoms in total. The fraction of sp³-hybridized carbons (Fsp3) is 0.133. The summed E-state index contributed by atoms with van der Waals surface area (Å²) in [6, 6.07) is 11.5. The lowest BCUT2D eigenvalue weighted by molar-refractivity contribution is -0.385. The van der Waals surface area contributed by atoms with Crippen molar-refractivity contribution >= 4 is 23.2 Å². The highest BCUT2D eigenvalue weighted by atomic mass is 35.5. The van der Waals surface area contributed by atoms with Gasteiger partial charge in [-0.2, -0.15) is 0 Å². The predicted molar refractivity (Wildman–Crippen MR) is 80.5 cm³/mol. The van der Waals surface area contributed by atoms with Crippen molar-refractivity contribution in [2.75, 3.05) is 0 Å². The monoisotopic (exact) mass is 304 g/mol. The number of nitrogens with zero attached hydrogens (tertiary/aromatic N) is 1. The molecule has 1 N–H and O–H groups in total. The lowest BCUT2D eigenvalue weighted by Gasteiger charge is -2.06. The van der Waals surface area contributed by atoms with Crippen LogP contribution in [0.25, 0.3) is 0 Å². The van der Waals surface area contributed by atoms with Gasteiger partial charge in [0.25, 0.3) is 11.6 Å². The van der Waals surface area contributed by atoms with Crippen LogP contribution in [-0.4, -0.2) is 10.8 Å². The minimum Gasteiger partial charge on any atom is -0.348 e. The molecule has 2 rings (SSSR count). The van der Waals surface area contributed by atoms with Crippen LogP contribution in [-0.2, 0) is 6.54 Å². The van der Waals surface area contributed by atoms with E-state index < -0.39 is 4.92 Å². The first-order valence-corrected chi connectivity index (χ1v) is 6.63. The molecule has 0 fully saturated rings. The first kappa shape index (κ1) is 15.0. The molecule has 0 aliphatic carbocycles. The smallest absolute Gasteiger partial charge is 0.273 e. The highest BCUT2D eigenvalue weighted by Crippen LogP contribution is 2.19. The molecular weight excluding hydrogens is 292 g/mol. The Hall–Kier alpha value is -2.40. The first-order valence-electron chi connectivity index (χ1n) is 6.25. The fourth-order valence-electron chi connectivity index (χ4n) is 1.83. The Labute approximate surface area is 126 Å². The van der Waals surface area contributed by atoms with Crippen molar-refractivity contribution in [2.45, 2.75) is 13.5 Å². The van der Waals surface area contributed by atoms with E-state index >= 15 is 0 Å². The standard InChI is InChI=1S/C15H13ClN2O3/c1-10-2-5-12(8-14(10)18(20)21)15(19)17-9-11-3-6-13(16)7-4-11/h2-8H,9H2,1H3,(H,17,19). The van der Waals surface area contributed by atoms with Gasteiger partial charge in [-0.05, 0) is 30.7 Å². The number of hydrogen-bond donors (Lipinski definition) is 1. The molecule has 0 aliphatic rings. The topological polar surface area (TPSA) is 72.2 Å². The third-order valence-electron chi connectivity index (χ3n) is 3.03. The number of amides is 1. The summed E-state index contributed by atoms with van der Waals surface area (Å²) in [7, 11) is 0. The third kappa shape index (κ3) is 3.79. The van der Waals surface area contributed by atoms with Crippen molar-refractivity contribution < 1.29 is 9.72 Å². The Morgan fingerprint density at radius 1 is 1.24 bits per heavy atom. The molecule has 2 aromatic rings. The van der Waals surface area contributed by atoms with Crippen molar-refractivity contribution in [2.24, 2.45) is 0 Å². The summed E-state index contributed by atoms with van der Waals surface area (Å²) in [5.74, 6) is -0.354. The van der Waals surface area contributed by atoms with E-state index in [-0.39, 0.29) is 17.2 Å². The number of carbonyl (C=O) groups is 1. The minimum absolute atomic E-state index is 0.0610. The van der Waals surface area contributed by atoms with Crippen molar-refractivity contribution in [1.82, 2.24) is 5.32 Å². The second-order valence-electron chi connectivity index (χ2n) is 4.57. The van der Waals surface area contributed by atoms with E-state index in [2.05, 4.69) is 5.32 Å². The minimum atomic E-state index is -0.495. The molecule has 0 saturated carbocycles. The number of benzene rings is 2. The van der Waals surface area contributed by atoms with E-state index in [1.54, 1.807) is 43.3 Å². The number of rotatable bonds is 4. The fourth-order valence-corrected chi connectivity index (χ4v) is 1.96. The quantitative estimate of drug-likeness (QED) is 0.694. The third-order valence-corrected chi connectivity index (χ3v) is 3.29. The Morgan fingerprint density at radius 3 is 2.52 bits per heavy atom. The van der Waals surface area contributed by atoms with Crippen molar-refractivity contribution in [1.29, 1.82) is 0 Å². The Kier molecular flexibility index (Phi) is 4.55. The number of nitrogens with one attached hydrogen (secondary N) is 1. The zero-order valence-electron chi connectivity index (χ0n) is 11.3. The first-order chi connectivity index (χ1) is 9.97. The maximum absolute atomic E-state index is 12.0. The van der Waals surface area contributed by atoms with Crippen LogP contribution >= 0.6 is 11.6 Å². The lowest BCUT2D eigenvalue weighted by Crippen LogP contribution is -2.22. The number of aryl methyl sites for hydroxylation is 1. The molecule has 0 aliphatic heterocycles. The number of carbonyl (C=O) groups excluding carboxylic acids is 1. The van der Waals surface area contributed by atoms with Crippen molar-refractivity contribution in [3.05, 3.63) is 74.3 Å². The van der Waals surface area contributed by atoms with Crippen LogP contribution in [0.5, 0.6) is 0 Å². The molecule has 0 atom stereocenters. The van der Waals surface area contributed by atoms with Crippen LogP contribution in [0.3, 0.4) is 0 Å². The second-order valence-corrected chi connectivity index (χ2v) is 5.00. The molecule has 0 unspecified atom stereocenters. The van der Waals surface area contributed by atoms with Gasteiger partial charge < -0.3 is 5.32 Å². The molecule has 0 bridgehead atoms. The zero-order chi connectivity index (χ0) is 15.4. The summed E-state index contributed by atoms with van der Waals surface area (Å²) < 4.78 is 0. The Balaban J connectivity index is 2.08. The molecule has 2 aromatic carbocycles. The van der Waals surface area contributed by atoms with Gasteiger partial charge in [0, 0.05) is 28.8 Å². The molecule has 0 saturated heterocycles. The van der Waals surface area contributed by atoms with E-state index in [0.717, 1.165) is 5.56 Å². The van der Waals surface area contributed by atoms with Gasteiger partial charge in [0.05, 0.1) is 4.92 Å². The van der Waals surface area contributed by atoms with Gasteiger partial charge in [0.1, 0.15) is 0 Å². The molecule has 0 heterocycles. The summed E-state index contributed by atoms with van der Waals surface area (Å²) in [5.41, 5.74) is 1.62.